The van der Waals surface area contributed by atoms with Crippen LogP contribution >= 0.6 is 0 Å². The quantitative estimate of drug-likeness (QED) is 0.809. The molecule has 2 aliphatic rings. The molecule has 1 aromatic rings. The first-order valence-corrected chi connectivity index (χ1v) is 8.90. The Morgan fingerprint density at radius 1 is 1.15 bits per heavy atom. The number of nitrogens with zero attached hydrogens (tertiary/aromatic N) is 2. The highest BCUT2D eigenvalue weighted by atomic mass is 16.6. The molecule has 1 unspecified atom stereocenters. The largest absolute Gasteiger partial charge is 0.445 e. The number of amides is 2. The fourth-order valence-corrected chi connectivity index (χ4v) is 3.19. The smallest absolute Gasteiger partial charge is 0.410 e. The normalized spacial score (nSPS) is 22.7. The van der Waals surface area contributed by atoms with Crippen molar-refractivity contribution in [2.24, 2.45) is 0 Å². The first-order valence-electron chi connectivity index (χ1n) is 8.90. The number of ether oxygens (including phenoxy) is 3. The van der Waals surface area contributed by atoms with Crippen molar-refractivity contribution in [1.29, 1.82) is 0 Å². The maximum Gasteiger partial charge on any atom is 0.410 e. The summed E-state index contributed by atoms with van der Waals surface area (Å²) in [5.74, 6) is 0. The molecule has 1 aromatic carbocycles. The van der Waals surface area contributed by atoms with Crippen molar-refractivity contribution in [2.45, 2.75) is 45.1 Å². The van der Waals surface area contributed by atoms with Gasteiger partial charge in [0, 0.05) is 13.1 Å². The van der Waals surface area contributed by atoms with Crippen LogP contribution in [0.15, 0.2) is 30.3 Å². The van der Waals surface area contributed by atoms with E-state index in [1.165, 1.54) is 0 Å². The minimum atomic E-state index is -0.556. The van der Waals surface area contributed by atoms with Crippen LogP contribution < -0.4 is 0 Å². The van der Waals surface area contributed by atoms with E-state index in [2.05, 4.69) is 0 Å². The maximum absolute atomic E-state index is 12.5. The van der Waals surface area contributed by atoms with E-state index >= 15 is 0 Å². The number of fused-ring (bicyclic) bond motifs is 1. The lowest BCUT2D eigenvalue weighted by Gasteiger charge is -2.35. The highest BCUT2D eigenvalue weighted by Crippen LogP contribution is 2.25. The Labute approximate surface area is 153 Å². The van der Waals surface area contributed by atoms with Gasteiger partial charge in [0.25, 0.3) is 0 Å². The summed E-state index contributed by atoms with van der Waals surface area (Å²) < 4.78 is 16.6. The number of carbonyl (C=O) groups is 2. The van der Waals surface area contributed by atoms with E-state index in [1.54, 1.807) is 9.80 Å². The van der Waals surface area contributed by atoms with E-state index < -0.39 is 5.60 Å². The Bertz CT molecular complexity index is 643. The summed E-state index contributed by atoms with van der Waals surface area (Å²) in [6.07, 6.45) is -0.966. The molecule has 7 nitrogen and oxygen atoms in total. The Morgan fingerprint density at radius 2 is 1.88 bits per heavy atom. The SMILES string of the molecule is CC(C)(C)OC(=O)N1CC2[C@H](C1)OCCN2C(=O)OCc1ccccc1. The standard InChI is InChI=1S/C19H26N2O5/c1-19(2,3)26-17(22)20-11-15-16(12-20)24-10-9-21(15)18(23)25-13-14-7-5-4-6-8-14/h4-8,15-16H,9-13H2,1-3H3/t15?,16-/m0/s1. The van der Waals surface area contributed by atoms with Crippen LogP contribution in [0.3, 0.4) is 0 Å². The van der Waals surface area contributed by atoms with E-state index in [4.69, 9.17) is 14.2 Å². The van der Waals surface area contributed by atoms with Gasteiger partial charge in [0.15, 0.2) is 0 Å². The number of hydrogen-bond acceptors (Lipinski definition) is 5. The van der Waals surface area contributed by atoms with Crippen LogP contribution in [-0.2, 0) is 20.8 Å². The van der Waals surface area contributed by atoms with Crippen molar-refractivity contribution >= 4 is 12.2 Å². The molecule has 2 fully saturated rings. The maximum atomic E-state index is 12.5. The molecule has 2 saturated heterocycles. The highest BCUT2D eigenvalue weighted by Gasteiger charge is 2.45. The number of benzene rings is 1. The van der Waals surface area contributed by atoms with Crippen molar-refractivity contribution in [3.63, 3.8) is 0 Å². The third kappa shape index (κ3) is 4.46. The predicted molar refractivity (Wildman–Crippen MR) is 94.7 cm³/mol. The topological polar surface area (TPSA) is 68.3 Å². The van der Waals surface area contributed by atoms with Gasteiger partial charge in [-0.1, -0.05) is 30.3 Å². The second-order valence-electron chi connectivity index (χ2n) is 7.60. The average Bonchev–Trinajstić information content (AvgIpc) is 3.03. The molecule has 0 saturated carbocycles. The van der Waals surface area contributed by atoms with Crippen LogP contribution in [0.1, 0.15) is 26.3 Å². The van der Waals surface area contributed by atoms with E-state index in [1.807, 2.05) is 51.1 Å². The van der Waals surface area contributed by atoms with Gasteiger partial charge in [-0.25, -0.2) is 9.59 Å². The number of hydrogen-bond donors (Lipinski definition) is 0. The monoisotopic (exact) mass is 362 g/mol. The van der Waals surface area contributed by atoms with Crippen molar-refractivity contribution in [3.05, 3.63) is 35.9 Å². The molecular formula is C19H26N2O5. The van der Waals surface area contributed by atoms with Gasteiger partial charge < -0.3 is 19.1 Å². The van der Waals surface area contributed by atoms with Crippen LogP contribution in [-0.4, -0.2) is 66.0 Å². The first-order chi connectivity index (χ1) is 12.3. The second kappa shape index (κ2) is 7.53. The second-order valence-corrected chi connectivity index (χ2v) is 7.60. The van der Waals surface area contributed by atoms with Crippen LogP contribution in [0.2, 0.25) is 0 Å². The summed E-state index contributed by atoms with van der Waals surface area (Å²) in [4.78, 5) is 28.1. The number of carbonyl (C=O) groups excluding carboxylic acids is 2. The van der Waals surface area contributed by atoms with Gasteiger partial charge >= 0.3 is 12.2 Å². The minimum Gasteiger partial charge on any atom is -0.445 e. The number of likely N-dealkylation sites (tertiary alicyclic amines) is 1. The van der Waals surface area contributed by atoms with Gasteiger partial charge in [0.2, 0.25) is 0 Å². The van der Waals surface area contributed by atoms with Gasteiger partial charge in [-0.05, 0) is 26.3 Å². The Balaban J connectivity index is 1.59. The van der Waals surface area contributed by atoms with Gasteiger partial charge in [-0.3, -0.25) is 4.90 Å². The molecule has 3 rings (SSSR count). The molecular weight excluding hydrogens is 336 g/mol. The fraction of sp³-hybridized carbons (Fsp3) is 0.579. The molecule has 2 heterocycles. The summed E-state index contributed by atoms with van der Waals surface area (Å²) in [6, 6.07) is 9.35. The summed E-state index contributed by atoms with van der Waals surface area (Å²) in [6.45, 7) is 7.42. The minimum absolute atomic E-state index is 0.208. The van der Waals surface area contributed by atoms with Gasteiger partial charge in [-0.15, -0.1) is 0 Å². The number of rotatable bonds is 2. The Kier molecular flexibility index (Phi) is 5.36. The predicted octanol–water partition coefficient (Wildman–Crippen LogP) is 2.64. The van der Waals surface area contributed by atoms with Crippen LogP contribution in [0, 0.1) is 0 Å². The molecule has 0 aliphatic carbocycles. The summed E-state index contributed by atoms with van der Waals surface area (Å²) in [5, 5.41) is 0. The molecule has 0 bridgehead atoms. The van der Waals surface area contributed by atoms with Crippen LogP contribution in [0.4, 0.5) is 9.59 Å². The average molecular weight is 362 g/mol. The van der Waals surface area contributed by atoms with Gasteiger partial charge in [0.1, 0.15) is 12.2 Å². The molecule has 2 aliphatic heterocycles. The highest BCUT2D eigenvalue weighted by molar-refractivity contribution is 5.71. The number of morpholine rings is 1. The molecule has 0 N–H and O–H groups in total. The lowest BCUT2D eigenvalue weighted by atomic mass is 10.1. The third-order valence-electron chi connectivity index (χ3n) is 4.39. The van der Waals surface area contributed by atoms with E-state index in [9.17, 15) is 9.59 Å². The third-order valence-corrected chi connectivity index (χ3v) is 4.39. The first kappa shape index (κ1) is 18.5. The van der Waals surface area contributed by atoms with Crippen LogP contribution in [0.5, 0.6) is 0 Å². The van der Waals surface area contributed by atoms with Crippen molar-refractivity contribution in [1.82, 2.24) is 9.80 Å². The van der Waals surface area contributed by atoms with Crippen molar-refractivity contribution in [3.8, 4) is 0 Å². The Morgan fingerprint density at radius 3 is 2.58 bits per heavy atom. The summed E-state index contributed by atoms with van der Waals surface area (Å²) in [7, 11) is 0. The zero-order chi connectivity index (χ0) is 18.7. The lowest BCUT2D eigenvalue weighted by Crippen LogP contribution is -2.53. The molecule has 26 heavy (non-hydrogen) atoms. The van der Waals surface area contributed by atoms with Gasteiger partial charge in [0.05, 0.1) is 25.3 Å². The van der Waals surface area contributed by atoms with Crippen molar-refractivity contribution < 1.29 is 23.8 Å². The zero-order valence-corrected chi connectivity index (χ0v) is 15.5. The van der Waals surface area contributed by atoms with E-state index in [0.717, 1.165) is 5.56 Å². The molecule has 2 atom stereocenters. The lowest BCUT2D eigenvalue weighted by molar-refractivity contribution is -0.0447. The molecule has 0 spiro atoms. The van der Waals surface area contributed by atoms with E-state index in [-0.39, 0.29) is 30.9 Å². The fourth-order valence-electron chi connectivity index (χ4n) is 3.19. The summed E-state index contributed by atoms with van der Waals surface area (Å²) in [5.41, 5.74) is 0.382. The van der Waals surface area contributed by atoms with Crippen molar-refractivity contribution in [2.75, 3.05) is 26.2 Å². The molecule has 0 radical (unpaired) electrons. The molecule has 7 heteroatoms. The molecule has 142 valence electrons. The summed E-state index contributed by atoms with van der Waals surface area (Å²) >= 11 is 0. The van der Waals surface area contributed by atoms with Crippen LogP contribution in [0.25, 0.3) is 0 Å². The van der Waals surface area contributed by atoms with Gasteiger partial charge in [-0.2, -0.15) is 0 Å². The molecule has 0 aromatic heterocycles. The zero-order valence-electron chi connectivity index (χ0n) is 15.5. The molecule has 2 amide bonds. The Hall–Kier alpha value is -2.28. The van der Waals surface area contributed by atoms with E-state index in [0.29, 0.717) is 26.2 Å².